The van der Waals surface area contributed by atoms with E-state index in [0.29, 0.717) is 23.7 Å². The number of halogens is 2. The maximum absolute atomic E-state index is 2.28. The van der Waals surface area contributed by atoms with E-state index in [1.165, 1.54) is 16.4 Å². The first-order chi connectivity index (χ1) is 10.2. The number of hydrogen-bond donors (Lipinski definition) is 0. The van der Waals surface area contributed by atoms with Crippen molar-refractivity contribution in [3.8, 4) is 0 Å². The molecule has 142 valence electrons. The molecule has 0 spiro atoms. The van der Waals surface area contributed by atoms with Crippen LogP contribution in [0.25, 0.3) is 0 Å². The fraction of sp³-hybridized carbons (Fsp3) is 0.600. The summed E-state index contributed by atoms with van der Waals surface area (Å²) in [7, 11) is 2.92. The van der Waals surface area contributed by atoms with Gasteiger partial charge in [0.15, 0.2) is 0 Å². The molecule has 0 aliphatic heterocycles. The molecule has 2 aromatic heterocycles. The average molecular weight is 499 g/mol. The van der Waals surface area contributed by atoms with Crippen LogP contribution in [0.5, 0.6) is 0 Å². The molecule has 0 amide bonds. The van der Waals surface area contributed by atoms with Crippen LogP contribution >= 0.6 is 41.2 Å². The summed E-state index contributed by atoms with van der Waals surface area (Å²) < 4.78 is 0. The van der Waals surface area contributed by atoms with Gasteiger partial charge in [-0.05, 0) is 0 Å². The molecule has 0 saturated carbocycles. The zero-order valence-corrected chi connectivity index (χ0v) is 22.7. The Morgan fingerprint density at radius 2 is 0.920 bits per heavy atom. The number of hydrogen-bond acceptors (Lipinski definition) is 0. The summed E-state index contributed by atoms with van der Waals surface area (Å²) in [5, 5.41) is 6.25. The van der Waals surface area contributed by atoms with Crippen molar-refractivity contribution in [2.75, 3.05) is 0 Å². The molecule has 0 unspecified atom stereocenters. The van der Waals surface area contributed by atoms with Crippen LogP contribution in [0.4, 0.5) is 0 Å². The Labute approximate surface area is 190 Å². The molecule has 2 rings (SSSR count). The van der Waals surface area contributed by atoms with Crippen LogP contribution < -0.4 is 0 Å². The summed E-state index contributed by atoms with van der Waals surface area (Å²) >= 11 is 0. The maximum atomic E-state index is 2.28. The minimum absolute atomic E-state index is 0. The Hall–Kier alpha value is 1.02. The Kier molecular flexibility index (Phi) is 18.5. The molecule has 2 heterocycles. The van der Waals surface area contributed by atoms with Gasteiger partial charge in [-0.1, -0.05) is 79.1 Å². The molecular weight excluding hydrogens is 464 g/mol. The minimum Gasteiger partial charge on any atom is -0.220 e. The molecular formula is C20H34Cl2P2Zr. The van der Waals surface area contributed by atoms with E-state index >= 15 is 0 Å². The van der Waals surface area contributed by atoms with Gasteiger partial charge in [-0.15, -0.1) is 35.4 Å². The summed E-state index contributed by atoms with van der Waals surface area (Å²) in [4.78, 5) is 0. The Morgan fingerprint density at radius 1 is 0.640 bits per heavy atom. The molecule has 0 saturated heterocycles. The minimum atomic E-state index is 0. The molecule has 2 aromatic rings. The summed E-state index contributed by atoms with van der Waals surface area (Å²) in [6.07, 6.45) is 0. The average Bonchev–Trinajstić information content (AvgIpc) is 3.09. The Bertz CT molecular complexity index is 462. The van der Waals surface area contributed by atoms with Crippen molar-refractivity contribution in [2.24, 2.45) is 0 Å². The van der Waals surface area contributed by atoms with Gasteiger partial charge in [0.25, 0.3) is 0 Å². The molecule has 0 N–H and O–H groups in total. The second-order valence-electron chi connectivity index (χ2n) is 7.21. The fourth-order valence-corrected chi connectivity index (χ4v) is 4.30. The van der Waals surface area contributed by atoms with Crippen molar-refractivity contribution < 1.29 is 26.2 Å². The first-order valence-electron chi connectivity index (χ1n) is 8.49. The van der Waals surface area contributed by atoms with Crippen molar-refractivity contribution >= 4 is 41.2 Å². The first kappa shape index (κ1) is 30.7. The third-order valence-electron chi connectivity index (χ3n) is 3.73. The van der Waals surface area contributed by atoms with Crippen LogP contribution in [0.15, 0.2) is 24.3 Å². The van der Waals surface area contributed by atoms with Gasteiger partial charge in [0.2, 0.25) is 0 Å². The van der Waals surface area contributed by atoms with Crippen molar-refractivity contribution in [3.63, 3.8) is 0 Å². The molecule has 5 heteroatoms. The van der Waals surface area contributed by atoms with Crippen LogP contribution in [-0.2, 0) is 26.2 Å². The van der Waals surface area contributed by atoms with E-state index in [2.05, 4.69) is 79.7 Å². The summed E-state index contributed by atoms with van der Waals surface area (Å²) in [5.41, 5.74) is 0. The van der Waals surface area contributed by atoms with Crippen LogP contribution in [0.3, 0.4) is 0 Å². The van der Waals surface area contributed by atoms with Crippen LogP contribution in [-0.4, -0.2) is 0 Å². The van der Waals surface area contributed by atoms with Crippen molar-refractivity contribution in [1.29, 1.82) is 0 Å². The summed E-state index contributed by atoms with van der Waals surface area (Å²) in [6.45, 7) is 18.1. The Balaban J connectivity index is -0.000000346. The van der Waals surface area contributed by atoms with Crippen LogP contribution in [0.2, 0.25) is 0 Å². The maximum Gasteiger partial charge on any atom is 2.00 e. The molecule has 0 aromatic carbocycles. The molecule has 0 fully saturated rings. The second kappa shape index (κ2) is 15.0. The monoisotopic (exact) mass is 496 g/mol. The molecule has 0 aliphatic rings. The van der Waals surface area contributed by atoms with Crippen LogP contribution in [0, 0.1) is 0 Å². The first-order valence-corrected chi connectivity index (χ1v) is 10.3. The summed E-state index contributed by atoms with van der Waals surface area (Å²) in [5.74, 6) is 2.85. The molecule has 0 bridgehead atoms. The molecule has 0 aliphatic carbocycles. The molecule has 0 nitrogen and oxygen atoms in total. The van der Waals surface area contributed by atoms with Crippen molar-refractivity contribution in [3.05, 3.63) is 45.4 Å². The predicted octanol–water partition coefficient (Wildman–Crippen LogP) is 9.31. The number of rotatable bonds is 4. The zero-order valence-electron chi connectivity index (χ0n) is 16.8. The van der Waals surface area contributed by atoms with E-state index in [1.807, 2.05) is 0 Å². The smallest absolute Gasteiger partial charge is 0.220 e. The Morgan fingerprint density at radius 3 is 1.04 bits per heavy atom. The third kappa shape index (κ3) is 10.8. The fourth-order valence-electron chi connectivity index (χ4n) is 2.07. The van der Waals surface area contributed by atoms with Gasteiger partial charge in [0, 0.05) is 0 Å². The van der Waals surface area contributed by atoms with Gasteiger partial charge in [-0.25, -0.2) is 28.5 Å². The second-order valence-corrected chi connectivity index (χ2v) is 9.72. The van der Waals surface area contributed by atoms with Gasteiger partial charge in [0.1, 0.15) is 0 Å². The summed E-state index contributed by atoms with van der Waals surface area (Å²) in [6, 6.07) is 9.12. The normalized spacial score (nSPS) is 10.7. The van der Waals surface area contributed by atoms with Gasteiger partial charge >= 0.3 is 26.2 Å². The third-order valence-corrected chi connectivity index (χ3v) is 7.43. The molecule has 0 radical (unpaired) electrons. The van der Waals surface area contributed by atoms with E-state index in [0.717, 1.165) is 0 Å². The van der Waals surface area contributed by atoms with Gasteiger partial charge < -0.3 is 0 Å². The van der Waals surface area contributed by atoms with Crippen molar-refractivity contribution in [1.82, 2.24) is 0 Å². The van der Waals surface area contributed by atoms with E-state index in [4.69, 9.17) is 0 Å². The van der Waals surface area contributed by atoms with Gasteiger partial charge in [-0.3, -0.25) is 0 Å². The van der Waals surface area contributed by atoms with E-state index in [-0.39, 0.29) is 51.0 Å². The van der Waals surface area contributed by atoms with Gasteiger partial charge in [0.05, 0.1) is 0 Å². The predicted molar refractivity (Wildman–Crippen MR) is 120 cm³/mol. The van der Waals surface area contributed by atoms with E-state index < -0.39 is 0 Å². The van der Waals surface area contributed by atoms with E-state index in [9.17, 15) is 0 Å². The zero-order chi connectivity index (χ0) is 16.9. The largest absolute Gasteiger partial charge is 2.00 e. The van der Waals surface area contributed by atoms with Crippen LogP contribution in [0.1, 0.15) is 100 Å². The van der Waals surface area contributed by atoms with E-state index in [1.54, 1.807) is 21.2 Å². The molecule has 25 heavy (non-hydrogen) atoms. The van der Waals surface area contributed by atoms with Gasteiger partial charge in [-0.2, -0.15) is 22.7 Å². The topological polar surface area (TPSA) is 0 Å². The standard InChI is InChI=1S/2C10H16P.2ClH.Zr/c2*1-7(2)9-5-6-10(11-9)8(3)4;;;/h2*5-8H,1-4H3;2*1H;/q2*-1;;;+2. The van der Waals surface area contributed by atoms with Crippen molar-refractivity contribution in [2.45, 2.75) is 79.1 Å². The quantitative estimate of drug-likeness (QED) is 0.369. The molecule has 0 atom stereocenters. The SMILES string of the molecule is CC(C)c1cc[c-](C(C)C)p1.CC(C)c1cc[c-](C(C)C)p1.Cl.Cl.[Zr+2].